The number of nitrogens with two attached hydrogens (primary N) is 1. The van der Waals surface area contributed by atoms with E-state index in [1.165, 1.54) is 6.33 Å². The molecule has 0 radical (unpaired) electrons. The van der Waals surface area contributed by atoms with Crippen LogP contribution in [0.2, 0.25) is 0 Å². The average Bonchev–Trinajstić information content (AvgIpc) is 2.60. The fraction of sp³-hybridized carbons (Fsp3) is 0.625. The minimum Gasteiger partial charge on any atom is -0.358 e. The summed E-state index contributed by atoms with van der Waals surface area (Å²) in [5.74, 6) is 0.0619. The highest BCUT2D eigenvalue weighted by Crippen LogP contribution is 2.32. The number of rotatable bonds is 2. The van der Waals surface area contributed by atoms with E-state index in [-0.39, 0.29) is 11.7 Å². The largest absolute Gasteiger partial charge is 0.385 e. The third-order valence-electron chi connectivity index (χ3n) is 2.65. The van der Waals surface area contributed by atoms with Crippen molar-refractivity contribution in [3.63, 3.8) is 0 Å². The SMILES string of the molecule is NCC1CCCn2cnc([N+](=O)[O-])c21. The summed E-state index contributed by atoms with van der Waals surface area (Å²) in [4.78, 5) is 14.1. The van der Waals surface area contributed by atoms with Gasteiger partial charge in [0.2, 0.25) is 6.33 Å². The zero-order chi connectivity index (χ0) is 10.1. The molecular formula is C8H12N4O2. The van der Waals surface area contributed by atoms with Crippen LogP contribution in [0.1, 0.15) is 24.5 Å². The molecule has 1 aliphatic rings. The molecule has 0 saturated heterocycles. The quantitative estimate of drug-likeness (QED) is 0.555. The molecule has 0 saturated carbocycles. The molecule has 1 aromatic rings. The number of hydrogen-bond acceptors (Lipinski definition) is 4. The van der Waals surface area contributed by atoms with Crippen molar-refractivity contribution in [1.82, 2.24) is 9.55 Å². The number of hydrogen-bond donors (Lipinski definition) is 1. The normalized spacial score (nSPS) is 20.5. The summed E-state index contributed by atoms with van der Waals surface area (Å²) in [5.41, 5.74) is 6.28. The molecule has 0 amide bonds. The van der Waals surface area contributed by atoms with Crippen molar-refractivity contribution in [3.05, 3.63) is 22.1 Å². The molecular weight excluding hydrogens is 184 g/mol. The fourth-order valence-corrected chi connectivity index (χ4v) is 1.99. The van der Waals surface area contributed by atoms with Crippen LogP contribution in [-0.2, 0) is 6.54 Å². The Morgan fingerprint density at radius 2 is 2.57 bits per heavy atom. The van der Waals surface area contributed by atoms with Gasteiger partial charge in [0.25, 0.3) is 0 Å². The Morgan fingerprint density at radius 3 is 3.21 bits per heavy atom. The Morgan fingerprint density at radius 1 is 1.79 bits per heavy atom. The number of fused-ring (bicyclic) bond motifs is 1. The van der Waals surface area contributed by atoms with Crippen molar-refractivity contribution in [2.24, 2.45) is 5.73 Å². The smallest absolute Gasteiger partial charge is 0.358 e. The first-order valence-corrected chi connectivity index (χ1v) is 4.63. The Hall–Kier alpha value is -1.43. The molecule has 1 aliphatic heterocycles. The highest BCUT2D eigenvalue weighted by Gasteiger charge is 2.30. The first-order valence-electron chi connectivity index (χ1n) is 4.63. The van der Waals surface area contributed by atoms with Crippen molar-refractivity contribution in [2.45, 2.75) is 25.3 Å². The first-order chi connectivity index (χ1) is 6.74. The molecule has 0 aliphatic carbocycles. The van der Waals surface area contributed by atoms with E-state index in [0.717, 1.165) is 19.4 Å². The van der Waals surface area contributed by atoms with E-state index >= 15 is 0 Å². The van der Waals surface area contributed by atoms with Crippen molar-refractivity contribution in [2.75, 3.05) is 6.54 Å². The van der Waals surface area contributed by atoms with E-state index in [1.807, 2.05) is 4.57 Å². The van der Waals surface area contributed by atoms with E-state index < -0.39 is 4.92 Å². The second-order valence-electron chi connectivity index (χ2n) is 3.48. The number of aryl methyl sites for hydroxylation is 1. The number of aromatic nitrogens is 2. The molecule has 2 heterocycles. The molecule has 1 unspecified atom stereocenters. The Labute approximate surface area is 80.9 Å². The van der Waals surface area contributed by atoms with Crippen LogP contribution in [0.15, 0.2) is 6.33 Å². The van der Waals surface area contributed by atoms with Gasteiger partial charge in [0, 0.05) is 19.0 Å². The second kappa shape index (κ2) is 3.38. The van der Waals surface area contributed by atoms with Crippen LogP contribution in [0, 0.1) is 10.1 Å². The molecule has 0 bridgehead atoms. The maximum atomic E-state index is 10.7. The highest BCUT2D eigenvalue weighted by molar-refractivity contribution is 5.32. The van der Waals surface area contributed by atoms with Crippen molar-refractivity contribution < 1.29 is 4.92 Å². The topological polar surface area (TPSA) is 87.0 Å². The number of nitro groups is 1. The van der Waals surface area contributed by atoms with Gasteiger partial charge in [-0.1, -0.05) is 0 Å². The predicted molar refractivity (Wildman–Crippen MR) is 49.9 cm³/mol. The summed E-state index contributed by atoms with van der Waals surface area (Å²) in [6.45, 7) is 1.26. The molecule has 6 nitrogen and oxygen atoms in total. The van der Waals surface area contributed by atoms with Crippen molar-refractivity contribution in [3.8, 4) is 0 Å². The summed E-state index contributed by atoms with van der Waals surface area (Å²) < 4.78 is 1.85. The zero-order valence-corrected chi connectivity index (χ0v) is 7.72. The van der Waals surface area contributed by atoms with E-state index in [9.17, 15) is 10.1 Å². The van der Waals surface area contributed by atoms with Gasteiger partial charge >= 0.3 is 5.82 Å². The minimum absolute atomic E-state index is 0.0276. The van der Waals surface area contributed by atoms with Crippen molar-refractivity contribution >= 4 is 5.82 Å². The Bertz CT molecular complexity index is 360. The van der Waals surface area contributed by atoms with Gasteiger partial charge in [-0.2, -0.15) is 0 Å². The van der Waals surface area contributed by atoms with Gasteiger partial charge in [-0.25, -0.2) is 0 Å². The maximum Gasteiger partial charge on any atom is 0.385 e. The lowest BCUT2D eigenvalue weighted by atomic mass is 9.96. The van der Waals surface area contributed by atoms with Gasteiger partial charge in [0.15, 0.2) is 0 Å². The lowest BCUT2D eigenvalue weighted by molar-refractivity contribution is -0.390. The standard InChI is InChI=1S/C8H12N4O2/c9-4-6-2-1-3-11-5-10-8(7(6)11)12(13)14/h5-6H,1-4,9H2. The molecule has 14 heavy (non-hydrogen) atoms. The van der Waals surface area contributed by atoms with E-state index in [1.54, 1.807) is 0 Å². The van der Waals surface area contributed by atoms with Gasteiger partial charge in [-0.15, -0.1) is 0 Å². The summed E-state index contributed by atoms with van der Waals surface area (Å²) in [7, 11) is 0. The molecule has 6 heteroatoms. The molecule has 0 fully saturated rings. The van der Waals surface area contributed by atoms with E-state index in [2.05, 4.69) is 4.98 Å². The van der Waals surface area contributed by atoms with Crippen LogP contribution < -0.4 is 5.73 Å². The van der Waals surface area contributed by atoms with Crippen molar-refractivity contribution in [1.29, 1.82) is 0 Å². The van der Waals surface area contributed by atoms with Crippen LogP contribution in [0.3, 0.4) is 0 Å². The minimum atomic E-state index is -0.431. The molecule has 1 aromatic heterocycles. The zero-order valence-electron chi connectivity index (χ0n) is 7.72. The summed E-state index contributed by atoms with van der Waals surface area (Å²) in [6.07, 6.45) is 3.47. The summed E-state index contributed by atoms with van der Waals surface area (Å²) in [5, 5.41) is 10.7. The molecule has 0 aromatic carbocycles. The average molecular weight is 196 g/mol. The van der Waals surface area contributed by atoms with Crippen LogP contribution in [0.5, 0.6) is 0 Å². The lowest BCUT2D eigenvalue weighted by Crippen LogP contribution is -2.22. The Balaban J connectivity index is 2.46. The molecule has 2 rings (SSSR count). The third-order valence-corrected chi connectivity index (χ3v) is 2.65. The summed E-state index contributed by atoms with van der Waals surface area (Å²) >= 11 is 0. The lowest BCUT2D eigenvalue weighted by Gasteiger charge is -2.21. The fourth-order valence-electron chi connectivity index (χ4n) is 1.99. The van der Waals surface area contributed by atoms with E-state index in [0.29, 0.717) is 12.2 Å². The number of imidazole rings is 1. The van der Waals surface area contributed by atoms with Gasteiger partial charge < -0.3 is 20.4 Å². The van der Waals surface area contributed by atoms with Gasteiger partial charge in [0.05, 0.1) is 0 Å². The van der Waals surface area contributed by atoms with E-state index in [4.69, 9.17) is 5.73 Å². The molecule has 76 valence electrons. The number of nitrogens with zero attached hydrogens (tertiary/aromatic N) is 3. The van der Waals surface area contributed by atoms with Crippen LogP contribution in [0.25, 0.3) is 0 Å². The summed E-state index contributed by atoms with van der Waals surface area (Å²) in [6, 6.07) is 0. The van der Waals surface area contributed by atoms with Gasteiger partial charge in [0.1, 0.15) is 5.69 Å². The predicted octanol–water partition coefficient (Wildman–Crippen LogP) is 0.627. The molecule has 2 N–H and O–H groups in total. The highest BCUT2D eigenvalue weighted by atomic mass is 16.6. The van der Waals surface area contributed by atoms with Gasteiger partial charge in [-0.05, 0) is 22.7 Å². The second-order valence-corrected chi connectivity index (χ2v) is 3.48. The third kappa shape index (κ3) is 1.27. The monoisotopic (exact) mass is 196 g/mol. The van der Waals surface area contributed by atoms with Crippen LogP contribution >= 0.6 is 0 Å². The molecule has 0 spiro atoms. The molecule has 1 atom stereocenters. The first kappa shape index (κ1) is 9.14. The van der Waals surface area contributed by atoms with Gasteiger partial charge in [-0.3, -0.25) is 0 Å². The van der Waals surface area contributed by atoms with Crippen LogP contribution in [0.4, 0.5) is 5.82 Å². The maximum absolute atomic E-state index is 10.7. The van der Waals surface area contributed by atoms with Crippen LogP contribution in [-0.4, -0.2) is 21.0 Å². The Kier molecular flexibility index (Phi) is 2.20.